The Morgan fingerprint density at radius 2 is 1.69 bits per heavy atom. The number of rotatable bonds is 13. The molecule has 1 aromatic rings. The summed E-state index contributed by atoms with van der Waals surface area (Å²) in [6.45, 7) is 11.3. The minimum Gasteiger partial charge on any atom is -0.508 e. The molecule has 3 amide bonds. The molecule has 0 radical (unpaired) electrons. The Morgan fingerprint density at radius 3 is 2.23 bits per heavy atom. The van der Waals surface area contributed by atoms with Crippen LogP contribution in [0.15, 0.2) is 24.3 Å². The molecule has 198 valence electrons. The van der Waals surface area contributed by atoms with Gasteiger partial charge in [-0.1, -0.05) is 50.8 Å². The molecular weight excluding hydrogens is 466 g/mol. The Bertz CT molecular complexity index is 825. The van der Waals surface area contributed by atoms with E-state index in [-0.39, 0.29) is 24.1 Å². The van der Waals surface area contributed by atoms with Crippen molar-refractivity contribution in [3.63, 3.8) is 0 Å². The monoisotopic (exact) mass is 509 g/mol. The van der Waals surface area contributed by atoms with Gasteiger partial charge < -0.3 is 25.4 Å². The number of nitrogens with one attached hydrogen (secondary N) is 2. The molecule has 8 nitrogen and oxygen atoms in total. The van der Waals surface area contributed by atoms with Gasteiger partial charge in [0, 0.05) is 23.9 Å². The Morgan fingerprint density at radius 1 is 1.06 bits per heavy atom. The highest BCUT2D eigenvalue weighted by molar-refractivity contribution is 7.80. The standard InChI is InChI=1S/C26H43N3O5S/c1-7-8-9-10-13-16-29(24(32)20(17-35)28-25(33)34-26(4,5)6)22(23(31)27-18(2)3)19-14-11-12-15-21(19)30/h11-12,14-15,18,20,22,30,35H,7-10,13,16-17H2,1-6H3,(H,27,31)(H,28,33). The van der Waals surface area contributed by atoms with E-state index in [9.17, 15) is 19.5 Å². The highest BCUT2D eigenvalue weighted by atomic mass is 32.1. The number of nitrogens with zero attached hydrogens (tertiary/aromatic N) is 1. The van der Waals surface area contributed by atoms with Gasteiger partial charge in [0.1, 0.15) is 23.4 Å². The van der Waals surface area contributed by atoms with Gasteiger partial charge in [-0.25, -0.2) is 4.79 Å². The summed E-state index contributed by atoms with van der Waals surface area (Å²) in [5, 5.41) is 16.0. The summed E-state index contributed by atoms with van der Waals surface area (Å²) in [7, 11) is 0. The van der Waals surface area contributed by atoms with Crippen molar-refractivity contribution in [3.8, 4) is 5.75 Å². The van der Waals surface area contributed by atoms with E-state index in [2.05, 4.69) is 30.2 Å². The molecule has 1 rings (SSSR count). The molecule has 2 atom stereocenters. The molecule has 2 unspecified atom stereocenters. The number of alkyl carbamates (subject to hydrolysis) is 1. The van der Waals surface area contributed by atoms with Crippen molar-refractivity contribution in [1.82, 2.24) is 15.5 Å². The van der Waals surface area contributed by atoms with Crippen LogP contribution in [0.25, 0.3) is 0 Å². The quantitative estimate of drug-likeness (QED) is 0.230. The average molecular weight is 510 g/mol. The number of thiol groups is 1. The van der Waals surface area contributed by atoms with Crippen LogP contribution < -0.4 is 10.6 Å². The Balaban J connectivity index is 3.35. The minimum atomic E-state index is -1.07. The van der Waals surface area contributed by atoms with Gasteiger partial charge in [0.25, 0.3) is 0 Å². The van der Waals surface area contributed by atoms with E-state index in [1.165, 1.54) is 11.0 Å². The van der Waals surface area contributed by atoms with Crippen molar-refractivity contribution < 1.29 is 24.2 Å². The summed E-state index contributed by atoms with van der Waals surface area (Å²) in [5.41, 5.74) is -0.411. The van der Waals surface area contributed by atoms with E-state index in [0.717, 1.165) is 25.7 Å². The van der Waals surface area contributed by atoms with Gasteiger partial charge in [-0.15, -0.1) is 0 Å². The van der Waals surface area contributed by atoms with Gasteiger partial charge in [-0.2, -0.15) is 12.6 Å². The lowest BCUT2D eigenvalue weighted by molar-refractivity contribution is -0.142. The summed E-state index contributed by atoms with van der Waals surface area (Å²) in [4.78, 5) is 41.0. The normalized spacial score (nSPS) is 13.1. The first-order valence-electron chi connectivity index (χ1n) is 12.4. The number of benzene rings is 1. The molecule has 0 aliphatic rings. The van der Waals surface area contributed by atoms with E-state index < -0.39 is 35.6 Å². The lowest BCUT2D eigenvalue weighted by atomic mass is 10.0. The molecule has 9 heteroatoms. The first kappa shape index (κ1) is 30.6. The molecular formula is C26H43N3O5S. The highest BCUT2D eigenvalue weighted by Gasteiger charge is 2.37. The van der Waals surface area contributed by atoms with Crippen LogP contribution in [0.4, 0.5) is 4.79 Å². The number of aromatic hydroxyl groups is 1. The summed E-state index contributed by atoms with van der Waals surface area (Å²) in [6, 6.07) is 4.25. The second-order valence-corrected chi connectivity index (χ2v) is 10.3. The number of phenolic OH excluding ortho intramolecular Hbond substituents is 1. The van der Waals surface area contributed by atoms with Crippen LogP contribution in [0.3, 0.4) is 0 Å². The number of hydrogen-bond donors (Lipinski definition) is 4. The first-order chi connectivity index (χ1) is 16.4. The Kier molecular flexibility index (Phi) is 13.0. The smallest absolute Gasteiger partial charge is 0.408 e. The van der Waals surface area contributed by atoms with Crippen molar-refractivity contribution in [2.45, 2.75) is 97.4 Å². The van der Waals surface area contributed by atoms with Crippen molar-refractivity contribution in [1.29, 1.82) is 0 Å². The lowest BCUT2D eigenvalue weighted by Gasteiger charge is -2.35. The van der Waals surface area contributed by atoms with E-state index in [1.807, 2.05) is 13.8 Å². The van der Waals surface area contributed by atoms with E-state index in [4.69, 9.17) is 4.74 Å². The number of unbranched alkanes of at least 4 members (excludes halogenated alkanes) is 4. The van der Waals surface area contributed by atoms with Crippen LogP contribution in [0, 0.1) is 0 Å². The van der Waals surface area contributed by atoms with Crippen molar-refractivity contribution in [3.05, 3.63) is 29.8 Å². The van der Waals surface area contributed by atoms with Crippen molar-refractivity contribution in [2.24, 2.45) is 0 Å². The number of carbonyl (C=O) groups is 3. The molecule has 0 bridgehead atoms. The number of ether oxygens (including phenoxy) is 1. The Labute approximate surface area is 215 Å². The van der Waals surface area contributed by atoms with Crippen LogP contribution in [0.2, 0.25) is 0 Å². The van der Waals surface area contributed by atoms with Gasteiger partial charge in [-0.05, 0) is 47.1 Å². The largest absolute Gasteiger partial charge is 0.508 e. The maximum atomic E-state index is 13.8. The maximum absolute atomic E-state index is 13.8. The fourth-order valence-corrected chi connectivity index (χ4v) is 3.87. The summed E-state index contributed by atoms with van der Waals surface area (Å²) >= 11 is 4.29. The third kappa shape index (κ3) is 10.8. The second kappa shape index (κ2) is 14.9. The fraction of sp³-hybridized carbons (Fsp3) is 0.654. The first-order valence-corrected chi connectivity index (χ1v) is 13.0. The number of carbonyl (C=O) groups excluding carboxylic acids is 3. The zero-order chi connectivity index (χ0) is 26.6. The average Bonchev–Trinajstić information content (AvgIpc) is 2.75. The Hall–Kier alpha value is -2.42. The molecule has 3 N–H and O–H groups in total. The van der Waals surface area contributed by atoms with Gasteiger partial charge in [0.05, 0.1) is 0 Å². The van der Waals surface area contributed by atoms with E-state index >= 15 is 0 Å². The van der Waals surface area contributed by atoms with E-state index in [1.54, 1.807) is 39.0 Å². The minimum absolute atomic E-state index is 0.0176. The van der Waals surface area contributed by atoms with Crippen LogP contribution >= 0.6 is 12.6 Å². The summed E-state index contributed by atoms with van der Waals surface area (Å²) in [6.07, 6.45) is 4.02. The van der Waals surface area contributed by atoms with Crippen molar-refractivity contribution >= 4 is 30.5 Å². The molecule has 35 heavy (non-hydrogen) atoms. The SMILES string of the molecule is CCCCCCCN(C(=O)C(CS)NC(=O)OC(C)(C)C)C(C(=O)NC(C)C)c1ccccc1O. The number of amides is 3. The van der Waals surface area contributed by atoms with Crippen molar-refractivity contribution in [2.75, 3.05) is 12.3 Å². The molecule has 1 aromatic carbocycles. The third-order valence-corrected chi connectivity index (χ3v) is 5.54. The molecule has 0 spiro atoms. The topological polar surface area (TPSA) is 108 Å². The summed E-state index contributed by atoms with van der Waals surface area (Å²) < 4.78 is 5.32. The maximum Gasteiger partial charge on any atom is 0.408 e. The molecule has 0 heterocycles. The van der Waals surface area contributed by atoms with Gasteiger partial charge in [-0.3, -0.25) is 9.59 Å². The second-order valence-electron chi connectivity index (χ2n) is 9.95. The van der Waals surface area contributed by atoms with Gasteiger partial charge in [0.2, 0.25) is 11.8 Å². The lowest BCUT2D eigenvalue weighted by Crippen LogP contribution is -2.54. The van der Waals surface area contributed by atoms with Gasteiger partial charge >= 0.3 is 6.09 Å². The number of para-hydroxylation sites is 1. The fourth-order valence-electron chi connectivity index (χ4n) is 3.62. The van der Waals surface area contributed by atoms with Crippen LogP contribution in [0.1, 0.15) is 85.3 Å². The van der Waals surface area contributed by atoms with Crippen LogP contribution in [-0.2, 0) is 14.3 Å². The predicted molar refractivity (Wildman–Crippen MR) is 142 cm³/mol. The van der Waals surface area contributed by atoms with Crippen LogP contribution in [-0.4, -0.2) is 57.9 Å². The number of phenols is 1. The highest BCUT2D eigenvalue weighted by Crippen LogP contribution is 2.30. The zero-order valence-corrected chi connectivity index (χ0v) is 22.9. The molecule has 0 aliphatic carbocycles. The third-order valence-electron chi connectivity index (χ3n) is 5.18. The van der Waals surface area contributed by atoms with E-state index in [0.29, 0.717) is 12.0 Å². The molecule has 0 saturated carbocycles. The predicted octanol–water partition coefficient (Wildman–Crippen LogP) is 4.58. The molecule has 0 aliphatic heterocycles. The van der Waals surface area contributed by atoms with Crippen LogP contribution in [0.5, 0.6) is 5.75 Å². The number of hydrogen-bond acceptors (Lipinski definition) is 6. The zero-order valence-electron chi connectivity index (χ0n) is 22.0. The molecule has 0 saturated heterocycles. The molecule has 0 aromatic heterocycles. The molecule has 0 fully saturated rings. The van der Waals surface area contributed by atoms with Gasteiger partial charge in [0.15, 0.2) is 0 Å². The summed E-state index contributed by atoms with van der Waals surface area (Å²) in [5.74, 6) is -0.932.